The van der Waals surface area contributed by atoms with Gasteiger partial charge in [0.15, 0.2) is 5.78 Å². The first kappa shape index (κ1) is 13.9. The summed E-state index contributed by atoms with van der Waals surface area (Å²) in [5, 5.41) is 9.62. The number of nitrogens with two attached hydrogens (primary N) is 1. The van der Waals surface area contributed by atoms with Gasteiger partial charge in [-0.25, -0.2) is 0 Å². The molecule has 0 spiro atoms. The Kier molecular flexibility index (Phi) is 3.40. The minimum atomic E-state index is -4.58. The average Bonchev–Trinajstić information content (AvgIpc) is 2.37. The Labute approximate surface area is 112 Å². The first-order chi connectivity index (χ1) is 9.30. The predicted molar refractivity (Wildman–Crippen MR) is 67.4 cm³/mol. The molecule has 0 aliphatic rings. The summed E-state index contributed by atoms with van der Waals surface area (Å²) in [6, 6.07) is 8.33. The number of hydrogen-bond donors (Lipinski definition) is 2. The van der Waals surface area contributed by atoms with Gasteiger partial charge in [0.2, 0.25) is 0 Å². The monoisotopic (exact) mass is 281 g/mol. The Morgan fingerprint density at radius 2 is 1.70 bits per heavy atom. The molecule has 6 heteroatoms. The molecule has 0 aliphatic carbocycles. The molecule has 2 aromatic rings. The average molecular weight is 281 g/mol. The molecule has 0 fully saturated rings. The van der Waals surface area contributed by atoms with Crippen LogP contribution in [0.1, 0.15) is 21.5 Å². The SMILES string of the molecule is Nc1ccccc1C(=O)c1ccc(C(F)(F)F)cc1O. The maximum Gasteiger partial charge on any atom is 0.416 e. The van der Waals surface area contributed by atoms with Crippen LogP contribution < -0.4 is 5.73 Å². The maximum atomic E-state index is 12.5. The van der Waals surface area contributed by atoms with Crippen molar-refractivity contribution in [3.8, 4) is 5.75 Å². The summed E-state index contributed by atoms with van der Waals surface area (Å²) in [4.78, 5) is 12.1. The summed E-state index contributed by atoms with van der Waals surface area (Å²) >= 11 is 0. The summed E-state index contributed by atoms with van der Waals surface area (Å²) in [6.45, 7) is 0. The number of anilines is 1. The lowest BCUT2D eigenvalue weighted by molar-refractivity contribution is -0.137. The van der Waals surface area contributed by atoms with Gasteiger partial charge in [0.1, 0.15) is 5.75 Å². The molecule has 3 nitrogen and oxygen atoms in total. The molecule has 0 aromatic heterocycles. The van der Waals surface area contributed by atoms with Gasteiger partial charge in [-0.15, -0.1) is 0 Å². The lowest BCUT2D eigenvalue weighted by Gasteiger charge is -2.10. The first-order valence-corrected chi connectivity index (χ1v) is 5.60. The van der Waals surface area contributed by atoms with Crippen LogP contribution in [0, 0.1) is 0 Å². The number of carbonyl (C=O) groups is 1. The van der Waals surface area contributed by atoms with E-state index in [0.717, 1.165) is 12.1 Å². The number of halogens is 3. The van der Waals surface area contributed by atoms with Crippen LogP contribution in [0.3, 0.4) is 0 Å². The van der Waals surface area contributed by atoms with Gasteiger partial charge < -0.3 is 10.8 Å². The third kappa shape index (κ3) is 2.59. The lowest BCUT2D eigenvalue weighted by atomic mass is 9.99. The highest BCUT2D eigenvalue weighted by atomic mass is 19.4. The van der Waals surface area contributed by atoms with Crippen LogP contribution in [-0.2, 0) is 6.18 Å². The topological polar surface area (TPSA) is 63.3 Å². The molecule has 0 unspecified atom stereocenters. The van der Waals surface area contributed by atoms with Crippen LogP contribution in [0.15, 0.2) is 42.5 Å². The van der Waals surface area contributed by atoms with Crippen LogP contribution in [0.4, 0.5) is 18.9 Å². The quantitative estimate of drug-likeness (QED) is 0.656. The zero-order valence-electron chi connectivity index (χ0n) is 10.1. The summed E-state index contributed by atoms with van der Waals surface area (Å²) in [5.74, 6) is -1.36. The van der Waals surface area contributed by atoms with E-state index in [2.05, 4.69) is 0 Å². The summed E-state index contributed by atoms with van der Waals surface area (Å²) in [6.07, 6.45) is -4.58. The highest BCUT2D eigenvalue weighted by Crippen LogP contribution is 2.33. The largest absolute Gasteiger partial charge is 0.507 e. The van der Waals surface area contributed by atoms with E-state index < -0.39 is 23.3 Å². The van der Waals surface area contributed by atoms with E-state index in [1.807, 2.05) is 0 Å². The molecule has 0 bridgehead atoms. The van der Waals surface area contributed by atoms with Gasteiger partial charge in [-0.05, 0) is 30.3 Å². The molecule has 0 saturated heterocycles. The molecule has 2 aromatic carbocycles. The molecular formula is C14H10F3NO2. The van der Waals surface area contributed by atoms with Gasteiger partial charge in [0.25, 0.3) is 0 Å². The highest BCUT2D eigenvalue weighted by Gasteiger charge is 2.31. The number of benzene rings is 2. The Morgan fingerprint density at radius 1 is 1.05 bits per heavy atom. The minimum Gasteiger partial charge on any atom is -0.507 e. The number of rotatable bonds is 2. The van der Waals surface area contributed by atoms with Crippen LogP contribution in [0.2, 0.25) is 0 Å². The van der Waals surface area contributed by atoms with Gasteiger partial charge in [-0.2, -0.15) is 13.2 Å². The number of para-hydroxylation sites is 1. The second-order valence-electron chi connectivity index (χ2n) is 4.15. The van der Waals surface area contributed by atoms with Gasteiger partial charge >= 0.3 is 6.18 Å². The molecule has 0 amide bonds. The second-order valence-corrected chi connectivity index (χ2v) is 4.15. The van der Waals surface area contributed by atoms with Crippen molar-refractivity contribution in [1.29, 1.82) is 0 Å². The minimum absolute atomic E-state index is 0.127. The Balaban J connectivity index is 2.45. The summed E-state index contributed by atoms with van der Waals surface area (Å²) in [5.41, 5.74) is 4.70. The number of alkyl halides is 3. The molecule has 0 aliphatic heterocycles. The second kappa shape index (κ2) is 4.88. The molecule has 2 rings (SSSR count). The van der Waals surface area contributed by atoms with Crippen LogP contribution in [0.25, 0.3) is 0 Å². The van der Waals surface area contributed by atoms with Crippen LogP contribution in [-0.4, -0.2) is 10.9 Å². The standard InChI is InChI=1S/C14H10F3NO2/c15-14(16,17)8-5-6-10(12(19)7-8)13(20)9-3-1-2-4-11(9)18/h1-7,19H,18H2. The zero-order chi connectivity index (χ0) is 14.9. The van der Waals surface area contributed by atoms with E-state index in [4.69, 9.17) is 5.73 Å². The fourth-order valence-corrected chi connectivity index (χ4v) is 1.75. The lowest BCUT2D eigenvalue weighted by Crippen LogP contribution is -2.08. The molecule has 0 saturated carbocycles. The summed E-state index contributed by atoms with van der Waals surface area (Å²) in [7, 11) is 0. The van der Waals surface area contributed by atoms with Crippen LogP contribution in [0.5, 0.6) is 5.75 Å². The predicted octanol–water partition coefficient (Wildman–Crippen LogP) is 3.22. The maximum absolute atomic E-state index is 12.5. The normalized spacial score (nSPS) is 11.3. The Bertz CT molecular complexity index is 666. The zero-order valence-corrected chi connectivity index (χ0v) is 10.1. The molecule has 20 heavy (non-hydrogen) atoms. The van der Waals surface area contributed by atoms with Crippen LogP contribution >= 0.6 is 0 Å². The number of ketones is 1. The van der Waals surface area contributed by atoms with E-state index in [1.54, 1.807) is 12.1 Å². The number of phenols is 1. The number of carbonyl (C=O) groups excluding carboxylic acids is 1. The fourth-order valence-electron chi connectivity index (χ4n) is 1.75. The van der Waals surface area contributed by atoms with Crippen molar-refractivity contribution in [2.75, 3.05) is 5.73 Å². The molecular weight excluding hydrogens is 271 g/mol. The molecule has 0 atom stereocenters. The van der Waals surface area contributed by atoms with E-state index in [0.29, 0.717) is 6.07 Å². The van der Waals surface area contributed by atoms with Crippen molar-refractivity contribution in [2.24, 2.45) is 0 Å². The molecule has 0 radical (unpaired) electrons. The molecule has 104 valence electrons. The van der Waals surface area contributed by atoms with Crippen molar-refractivity contribution in [1.82, 2.24) is 0 Å². The van der Waals surface area contributed by atoms with Crippen molar-refractivity contribution in [3.05, 3.63) is 59.2 Å². The number of nitrogen functional groups attached to an aromatic ring is 1. The van der Waals surface area contributed by atoms with Crippen molar-refractivity contribution in [2.45, 2.75) is 6.18 Å². The molecule has 3 N–H and O–H groups in total. The third-order valence-corrected chi connectivity index (χ3v) is 2.78. The third-order valence-electron chi connectivity index (χ3n) is 2.78. The van der Waals surface area contributed by atoms with Gasteiger partial charge in [0.05, 0.1) is 11.1 Å². The van der Waals surface area contributed by atoms with Gasteiger partial charge in [0, 0.05) is 11.3 Å². The number of aromatic hydroxyl groups is 1. The number of phenolic OH excluding ortho intramolecular Hbond substituents is 1. The summed E-state index contributed by atoms with van der Waals surface area (Å²) < 4.78 is 37.4. The Hall–Kier alpha value is -2.50. The van der Waals surface area contributed by atoms with E-state index >= 15 is 0 Å². The van der Waals surface area contributed by atoms with Crippen molar-refractivity contribution >= 4 is 11.5 Å². The molecule has 0 heterocycles. The fraction of sp³-hybridized carbons (Fsp3) is 0.0714. The van der Waals surface area contributed by atoms with Crippen molar-refractivity contribution < 1.29 is 23.1 Å². The van der Waals surface area contributed by atoms with Gasteiger partial charge in [-0.3, -0.25) is 4.79 Å². The van der Waals surface area contributed by atoms with E-state index in [-0.39, 0.29) is 16.8 Å². The van der Waals surface area contributed by atoms with E-state index in [1.165, 1.54) is 12.1 Å². The Morgan fingerprint density at radius 3 is 2.25 bits per heavy atom. The number of hydrogen-bond acceptors (Lipinski definition) is 3. The van der Waals surface area contributed by atoms with E-state index in [9.17, 15) is 23.1 Å². The van der Waals surface area contributed by atoms with Gasteiger partial charge in [-0.1, -0.05) is 12.1 Å². The first-order valence-electron chi connectivity index (χ1n) is 5.60. The highest BCUT2D eigenvalue weighted by molar-refractivity contribution is 6.13. The smallest absolute Gasteiger partial charge is 0.416 e. The van der Waals surface area contributed by atoms with Crippen molar-refractivity contribution in [3.63, 3.8) is 0 Å².